The number of benzene rings is 2. The van der Waals surface area contributed by atoms with E-state index in [4.69, 9.17) is 4.84 Å². The van der Waals surface area contributed by atoms with Crippen LogP contribution in [0.4, 0.5) is 0 Å². The molecule has 1 N–H and O–H groups in total. The Hall–Kier alpha value is -1.81. The Kier molecular flexibility index (Phi) is 3.03. The zero-order chi connectivity index (χ0) is 13.4. The monoisotopic (exact) mass is 317 g/mol. The second-order valence-corrected chi connectivity index (χ2v) is 5.51. The van der Waals surface area contributed by atoms with Crippen LogP contribution in [0.2, 0.25) is 0 Å². The molecule has 0 saturated heterocycles. The van der Waals surface area contributed by atoms with Gasteiger partial charge in [0, 0.05) is 10.0 Å². The number of rotatable bonds is 1. The maximum Gasteiger partial charge on any atom is 0.264 e. The quantitative estimate of drug-likeness (QED) is 0.876. The number of carbonyl (C=O) groups is 1. The lowest BCUT2D eigenvalue weighted by molar-refractivity contribution is -0.129. The van der Waals surface area contributed by atoms with Crippen molar-refractivity contribution >= 4 is 21.8 Å². The molecule has 1 unspecified atom stereocenters. The van der Waals surface area contributed by atoms with Crippen LogP contribution in [0.25, 0.3) is 0 Å². The summed E-state index contributed by atoms with van der Waals surface area (Å²) in [6, 6.07) is 13.7. The number of halogens is 1. The minimum atomic E-state index is -0.332. The summed E-state index contributed by atoms with van der Waals surface area (Å²) >= 11 is 3.43. The van der Waals surface area contributed by atoms with Crippen LogP contribution in [0.3, 0.4) is 0 Å². The van der Waals surface area contributed by atoms with Crippen molar-refractivity contribution in [2.45, 2.75) is 12.8 Å². The lowest BCUT2D eigenvalue weighted by atomic mass is 9.89. The first kappa shape index (κ1) is 12.2. The molecule has 96 valence electrons. The van der Waals surface area contributed by atoms with Gasteiger partial charge in [-0.2, -0.15) is 5.48 Å². The molecule has 3 nitrogen and oxygen atoms in total. The number of hydroxylamine groups is 1. The van der Waals surface area contributed by atoms with Gasteiger partial charge in [0.15, 0.2) is 5.75 Å². The van der Waals surface area contributed by atoms with Gasteiger partial charge in [-0.1, -0.05) is 45.8 Å². The summed E-state index contributed by atoms with van der Waals surface area (Å²) in [5.41, 5.74) is 5.48. The molecule has 0 radical (unpaired) electrons. The molecule has 0 aliphatic carbocycles. The van der Waals surface area contributed by atoms with E-state index < -0.39 is 0 Å². The van der Waals surface area contributed by atoms with Crippen molar-refractivity contribution in [3.63, 3.8) is 0 Å². The van der Waals surface area contributed by atoms with Gasteiger partial charge in [-0.05, 0) is 30.7 Å². The molecule has 0 aromatic heterocycles. The molecule has 0 fully saturated rings. The fraction of sp³-hybridized carbons (Fsp3) is 0.133. The minimum absolute atomic E-state index is 0.144. The van der Waals surface area contributed by atoms with Gasteiger partial charge in [-0.3, -0.25) is 4.79 Å². The predicted molar refractivity (Wildman–Crippen MR) is 75.9 cm³/mol. The first-order valence-electron chi connectivity index (χ1n) is 5.98. The molecular formula is C15H12BrNO2. The number of amides is 1. The van der Waals surface area contributed by atoms with E-state index in [2.05, 4.69) is 21.4 Å². The SMILES string of the molecule is Cc1ccc(C2C(=O)NOc3ccc(Br)cc32)cc1. The highest BCUT2D eigenvalue weighted by atomic mass is 79.9. The van der Waals surface area contributed by atoms with Crippen LogP contribution < -0.4 is 10.3 Å². The van der Waals surface area contributed by atoms with Gasteiger partial charge in [-0.25, -0.2) is 0 Å². The van der Waals surface area contributed by atoms with E-state index >= 15 is 0 Å². The summed E-state index contributed by atoms with van der Waals surface area (Å²) in [5.74, 6) is 0.213. The fourth-order valence-electron chi connectivity index (χ4n) is 2.23. The van der Waals surface area contributed by atoms with Crippen LogP contribution in [0.5, 0.6) is 5.75 Å². The highest BCUT2D eigenvalue weighted by Crippen LogP contribution is 2.36. The van der Waals surface area contributed by atoms with Crippen molar-refractivity contribution in [1.82, 2.24) is 5.48 Å². The van der Waals surface area contributed by atoms with Crippen molar-refractivity contribution in [3.05, 3.63) is 63.6 Å². The molecule has 1 heterocycles. The van der Waals surface area contributed by atoms with Gasteiger partial charge in [0.05, 0.1) is 5.92 Å². The Morgan fingerprint density at radius 1 is 1.16 bits per heavy atom. The smallest absolute Gasteiger partial charge is 0.264 e. The summed E-state index contributed by atoms with van der Waals surface area (Å²) in [7, 11) is 0. The summed E-state index contributed by atoms with van der Waals surface area (Å²) < 4.78 is 0.932. The molecule has 1 aliphatic rings. The van der Waals surface area contributed by atoms with Crippen molar-refractivity contribution < 1.29 is 9.63 Å². The standard InChI is InChI=1S/C15H12BrNO2/c1-9-2-4-10(5-3-9)14-12-8-11(16)6-7-13(12)19-17-15(14)18/h2-8,14H,1H3,(H,17,18). The highest BCUT2D eigenvalue weighted by Gasteiger charge is 2.30. The van der Waals surface area contributed by atoms with Crippen molar-refractivity contribution in [2.75, 3.05) is 0 Å². The predicted octanol–water partition coefficient (Wildman–Crippen LogP) is 3.31. The molecule has 19 heavy (non-hydrogen) atoms. The largest absolute Gasteiger partial charge is 0.379 e. The lowest BCUT2D eigenvalue weighted by Crippen LogP contribution is -2.37. The number of hydrogen-bond acceptors (Lipinski definition) is 2. The van der Waals surface area contributed by atoms with E-state index in [1.54, 1.807) is 0 Å². The second kappa shape index (κ2) is 4.70. The molecular weight excluding hydrogens is 306 g/mol. The van der Waals surface area contributed by atoms with Crippen molar-refractivity contribution in [1.29, 1.82) is 0 Å². The van der Waals surface area contributed by atoms with E-state index in [-0.39, 0.29) is 11.8 Å². The Morgan fingerprint density at radius 2 is 1.89 bits per heavy atom. The maximum absolute atomic E-state index is 12.1. The number of carbonyl (C=O) groups excluding carboxylic acids is 1. The number of hydrogen-bond donors (Lipinski definition) is 1. The van der Waals surface area contributed by atoms with E-state index in [1.165, 1.54) is 5.56 Å². The highest BCUT2D eigenvalue weighted by molar-refractivity contribution is 9.10. The molecule has 0 saturated carbocycles. The molecule has 0 spiro atoms. The van der Waals surface area contributed by atoms with Crippen LogP contribution in [0.1, 0.15) is 22.6 Å². The van der Waals surface area contributed by atoms with E-state index in [9.17, 15) is 4.79 Å². The molecule has 0 bridgehead atoms. The molecule has 1 amide bonds. The minimum Gasteiger partial charge on any atom is -0.379 e. The second-order valence-electron chi connectivity index (χ2n) is 4.59. The maximum atomic E-state index is 12.1. The van der Waals surface area contributed by atoms with Gasteiger partial charge in [0.25, 0.3) is 5.91 Å². The Morgan fingerprint density at radius 3 is 2.63 bits per heavy atom. The molecule has 1 atom stereocenters. The third kappa shape index (κ3) is 2.24. The zero-order valence-corrected chi connectivity index (χ0v) is 11.9. The Labute approximate surface area is 119 Å². The van der Waals surface area contributed by atoms with Gasteiger partial charge >= 0.3 is 0 Å². The first-order valence-corrected chi connectivity index (χ1v) is 6.77. The Bertz CT molecular complexity index is 637. The average molecular weight is 318 g/mol. The summed E-state index contributed by atoms with van der Waals surface area (Å²) in [4.78, 5) is 17.3. The van der Waals surface area contributed by atoms with E-state index in [0.717, 1.165) is 15.6 Å². The van der Waals surface area contributed by atoms with Gasteiger partial charge in [0.1, 0.15) is 0 Å². The van der Waals surface area contributed by atoms with Crippen LogP contribution in [-0.2, 0) is 4.79 Å². The summed E-state index contributed by atoms with van der Waals surface area (Å²) in [6.07, 6.45) is 0. The van der Waals surface area contributed by atoms with Crippen molar-refractivity contribution in [2.24, 2.45) is 0 Å². The normalized spacial score (nSPS) is 17.4. The van der Waals surface area contributed by atoms with E-state index in [1.807, 2.05) is 49.4 Å². The number of aryl methyl sites for hydroxylation is 1. The average Bonchev–Trinajstić information content (AvgIpc) is 2.40. The lowest BCUT2D eigenvalue weighted by Gasteiger charge is -2.25. The van der Waals surface area contributed by atoms with Gasteiger partial charge < -0.3 is 4.84 Å². The van der Waals surface area contributed by atoms with Crippen LogP contribution in [0, 0.1) is 6.92 Å². The molecule has 2 aromatic carbocycles. The van der Waals surface area contributed by atoms with Crippen molar-refractivity contribution in [3.8, 4) is 5.75 Å². The molecule has 2 aromatic rings. The molecule has 3 rings (SSSR count). The third-order valence-electron chi connectivity index (χ3n) is 3.22. The first-order chi connectivity index (χ1) is 9.15. The van der Waals surface area contributed by atoms with Crippen LogP contribution in [0.15, 0.2) is 46.9 Å². The van der Waals surface area contributed by atoms with Crippen LogP contribution >= 0.6 is 15.9 Å². The Balaban J connectivity index is 2.12. The summed E-state index contributed by atoms with van der Waals surface area (Å²) in [5, 5.41) is 0. The summed E-state index contributed by atoms with van der Waals surface area (Å²) in [6.45, 7) is 2.03. The third-order valence-corrected chi connectivity index (χ3v) is 3.71. The fourth-order valence-corrected chi connectivity index (χ4v) is 2.61. The topological polar surface area (TPSA) is 38.3 Å². The van der Waals surface area contributed by atoms with Gasteiger partial charge in [-0.15, -0.1) is 0 Å². The van der Waals surface area contributed by atoms with E-state index in [0.29, 0.717) is 5.75 Å². The molecule has 1 aliphatic heterocycles. The number of nitrogens with one attached hydrogen (secondary N) is 1. The van der Waals surface area contributed by atoms with Crippen LogP contribution in [-0.4, -0.2) is 5.91 Å². The molecule has 4 heteroatoms. The zero-order valence-electron chi connectivity index (χ0n) is 10.3. The number of fused-ring (bicyclic) bond motifs is 1. The van der Waals surface area contributed by atoms with Gasteiger partial charge in [0.2, 0.25) is 0 Å².